The molecule has 1 aliphatic heterocycles. The molecule has 3 rings (SSSR count). The van der Waals surface area contributed by atoms with Crippen molar-refractivity contribution in [1.82, 2.24) is 5.32 Å². The van der Waals surface area contributed by atoms with Gasteiger partial charge in [0.2, 0.25) is 0 Å². The minimum Gasteiger partial charge on any atom is -0.493 e. The largest absolute Gasteiger partial charge is 0.493 e. The Morgan fingerprint density at radius 2 is 1.96 bits per heavy atom. The molecule has 126 valence electrons. The summed E-state index contributed by atoms with van der Waals surface area (Å²) in [5, 5.41) is 2.93. The molecule has 5 nitrogen and oxygen atoms in total. The molecule has 0 aliphatic carbocycles. The van der Waals surface area contributed by atoms with Crippen molar-refractivity contribution in [3.8, 4) is 17.2 Å². The number of hydrogen-bond donors (Lipinski definition) is 1. The zero-order chi connectivity index (χ0) is 16.9. The summed E-state index contributed by atoms with van der Waals surface area (Å²) in [6, 6.07) is 11.2. The second-order valence-corrected chi connectivity index (χ2v) is 5.65. The number of methoxy groups -OCH3 is 2. The van der Waals surface area contributed by atoms with E-state index in [0.29, 0.717) is 23.6 Å². The Kier molecular flexibility index (Phi) is 4.89. The van der Waals surface area contributed by atoms with Gasteiger partial charge in [0, 0.05) is 12.1 Å². The van der Waals surface area contributed by atoms with Gasteiger partial charge in [0.25, 0.3) is 5.91 Å². The van der Waals surface area contributed by atoms with E-state index in [4.69, 9.17) is 14.2 Å². The van der Waals surface area contributed by atoms with Crippen molar-refractivity contribution in [2.75, 3.05) is 20.8 Å². The molecule has 0 radical (unpaired) electrons. The Labute approximate surface area is 141 Å². The molecule has 0 atom stereocenters. The summed E-state index contributed by atoms with van der Waals surface area (Å²) >= 11 is 0. The molecule has 0 spiro atoms. The van der Waals surface area contributed by atoms with E-state index in [1.54, 1.807) is 32.4 Å². The maximum atomic E-state index is 12.3. The van der Waals surface area contributed by atoms with Gasteiger partial charge in [-0.2, -0.15) is 0 Å². The molecule has 0 bridgehead atoms. The molecule has 0 aromatic heterocycles. The first-order chi connectivity index (χ1) is 11.7. The van der Waals surface area contributed by atoms with Crippen LogP contribution in [-0.4, -0.2) is 26.7 Å². The van der Waals surface area contributed by atoms with E-state index in [2.05, 4.69) is 11.4 Å². The smallest absolute Gasteiger partial charge is 0.251 e. The molecular weight excluding hydrogens is 306 g/mol. The normalized spacial score (nSPS) is 12.8. The molecule has 1 amide bonds. The lowest BCUT2D eigenvalue weighted by atomic mass is 10.0. The molecule has 2 aromatic carbocycles. The van der Waals surface area contributed by atoms with E-state index in [-0.39, 0.29) is 5.91 Å². The van der Waals surface area contributed by atoms with E-state index in [9.17, 15) is 4.79 Å². The molecule has 1 aliphatic rings. The first-order valence-corrected chi connectivity index (χ1v) is 7.96. The van der Waals surface area contributed by atoms with Crippen molar-refractivity contribution in [3.63, 3.8) is 0 Å². The minimum absolute atomic E-state index is 0.148. The maximum Gasteiger partial charge on any atom is 0.251 e. The number of carbonyl (C=O) groups excluding carboxylic acids is 1. The van der Waals surface area contributed by atoms with Crippen LogP contribution in [0.3, 0.4) is 0 Å². The second kappa shape index (κ2) is 7.25. The van der Waals surface area contributed by atoms with Crippen LogP contribution in [0.1, 0.15) is 27.9 Å². The fraction of sp³-hybridized carbons (Fsp3) is 0.316. The zero-order valence-electron chi connectivity index (χ0n) is 13.9. The first-order valence-electron chi connectivity index (χ1n) is 7.96. The van der Waals surface area contributed by atoms with Crippen molar-refractivity contribution in [2.24, 2.45) is 0 Å². The number of ether oxygens (including phenoxy) is 3. The first kappa shape index (κ1) is 16.2. The van der Waals surface area contributed by atoms with E-state index >= 15 is 0 Å². The average molecular weight is 327 g/mol. The third-order valence-corrected chi connectivity index (χ3v) is 4.07. The second-order valence-electron chi connectivity index (χ2n) is 5.65. The number of benzene rings is 2. The maximum absolute atomic E-state index is 12.3. The molecule has 1 N–H and O–H groups in total. The van der Waals surface area contributed by atoms with Gasteiger partial charge in [0.05, 0.1) is 20.8 Å². The summed E-state index contributed by atoms with van der Waals surface area (Å²) in [7, 11) is 3.12. The minimum atomic E-state index is -0.148. The SMILES string of the molecule is COc1ccc(C(=O)NCc2ccc3c(c2)CCCO3)cc1OC. The fourth-order valence-corrected chi connectivity index (χ4v) is 2.79. The number of amides is 1. The lowest BCUT2D eigenvalue weighted by molar-refractivity contribution is 0.0950. The summed E-state index contributed by atoms with van der Waals surface area (Å²) in [6.07, 6.45) is 2.06. The molecule has 1 heterocycles. The average Bonchev–Trinajstić information content (AvgIpc) is 2.65. The molecule has 24 heavy (non-hydrogen) atoms. The Morgan fingerprint density at radius 3 is 2.75 bits per heavy atom. The van der Waals surface area contributed by atoms with Gasteiger partial charge in [0.1, 0.15) is 5.75 Å². The fourth-order valence-electron chi connectivity index (χ4n) is 2.79. The topological polar surface area (TPSA) is 56.8 Å². The van der Waals surface area contributed by atoms with Gasteiger partial charge in [-0.3, -0.25) is 4.79 Å². The highest BCUT2D eigenvalue weighted by Crippen LogP contribution is 2.28. The molecular formula is C19H21NO4. The number of nitrogens with one attached hydrogen (secondary N) is 1. The van der Waals surface area contributed by atoms with E-state index in [1.165, 1.54) is 5.56 Å². The monoisotopic (exact) mass is 327 g/mol. The van der Waals surface area contributed by atoms with Crippen LogP contribution >= 0.6 is 0 Å². The quantitative estimate of drug-likeness (QED) is 0.917. The highest BCUT2D eigenvalue weighted by molar-refractivity contribution is 5.94. The standard InChI is InChI=1S/C19H21NO4/c1-22-17-8-6-15(11-18(17)23-2)19(21)20-12-13-5-7-16-14(10-13)4-3-9-24-16/h5-8,10-11H,3-4,9,12H2,1-2H3,(H,20,21). The van der Waals surface area contributed by atoms with Crippen LogP contribution < -0.4 is 19.5 Å². The highest BCUT2D eigenvalue weighted by atomic mass is 16.5. The van der Waals surface area contributed by atoms with Crippen molar-refractivity contribution in [1.29, 1.82) is 0 Å². The Morgan fingerprint density at radius 1 is 1.12 bits per heavy atom. The Balaban J connectivity index is 1.67. The number of hydrogen-bond acceptors (Lipinski definition) is 4. The van der Waals surface area contributed by atoms with Crippen molar-refractivity contribution in [2.45, 2.75) is 19.4 Å². The van der Waals surface area contributed by atoms with Crippen LogP contribution in [0.5, 0.6) is 17.2 Å². The van der Waals surface area contributed by atoms with E-state index < -0.39 is 0 Å². The van der Waals surface area contributed by atoms with Gasteiger partial charge in [-0.25, -0.2) is 0 Å². The molecule has 0 unspecified atom stereocenters. The summed E-state index contributed by atoms with van der Waals surface area (Å²) in [4.78, 5) is 12.3. The molecule has 5 heteroatoms. The van der Waals surface area contributed by atoms with Gasteiger partial charge in [0.15, 0.2) is 11.5 Å². The van der Waals surface area contributed by atoms with Crippen LogP contribution in [0.2, 0.25) is 0 Å². The summed E-state index contributed by atoms with van der Waals surface area (Å²) in [5.74, 6) is 1.95. The van der Waals surface area contributed by atoms with Gasteiger partial charge in [-0.1, -0.05) is 12.1 Å². The third-order valence-electron chi connectivity index (χ3n) is 4.07. The van der Waals surface area contributed by atoms with Crippen molar-refractivity contribution < 1.29 is 19.0 Å². The highest BCUT2D eigenvalue weighted by Gasteiger charge is 2.13. The molecule has 2 aromatic rings. The van der Waals surface area contributed by atoms with Crippen LogP contribution in [-0.2, 0) is 13.0 Å². The van der Waals surface area contributed by atoms with Gasteiger partial charge < -0.3 is 19.5 Å². The van der Waals surface area contributed by atoms with Crippen LogP contribution in [0.4, 0.5) is 0 Å². The van der Waals surface area contributed by atoms with Crippen LogP contribution in [0, 0.1) is 0 Å². The number of aryl methyl sites for hydroxylation is 1. The van der Waals surface area contributed by atoms with Crippen LogP contribution in [0.15, 0.2) is 36.4 Å². The van der Waals surface area contributed by atoms with Gasteiger partial charge in [-0.05, 0) is 48.2 Å². The van der Waals surface area contributed by atoms with Crippen molar-refractivity contribution >= 4 is 5.91 Å². The lowest BCUT2D eigenvalue weighted by Crippen LogP contribution is -2.23. The van der Waals surface area contributed by atoms with Crippen LogP contribution in [0.25, 0.3) is 0 Å². The molecule has 0 saturated carbocycles. The van der Waals surface area contributed by atoms with E-state index in [1.807, 2.05) is 12.1 Å². The predicted molar refractivity (Wildman–Crippen MR) is 91.0 cm³/mol. The van der Waals surface area contributed by atoms with Gasteiger partial charge >= 0.3 is 0 Å². The summed E-state index contributed by atoms with van der Waals surface area (Å²) in [6.45, 7) is 1.25. The molecule has 0 saturated heterocycles. The van der Waals surface area contributed by atoms with Crippen molar-refractivity contribution in [3.05, 3.63) is 53.1 Å². The Bertz CT molecular complexity index is 742. The number of rotatable bonds is 5. The lowest BCUT2D eigenvalue weighted by Gasteiger charge is -2.18. The summed E-state index contributed by atoms with van der Waals surface area (Å²) < 4.78 is 16.0. The Hall–Kier alpha value is -2.69. The zero-order valence-corrected chi connectivity index (χ0v) is 13.9. The van der Waals surface area contributed by atoms with Gasteiger partial charge in [-0.15, -0.1) is 0 Å². The number of fused-ring (bicyclic) bond motifs is 1. The number of carbonyl (C=O) groups is 1. The third kappa shape index (κ3) is 3.45. The van der Waals surface area contributed by atoms with E-state index in [0.717, 1.165) is 30.8 Å². The summed E-state index contributed by atoms with van der Waals surface area (Å²) in [5.41, 5.74) is 2.81. The molecule has 0 fully saturated rings. The predicted octanol–water partition coefficient (Wildman–Crippen LogP) is 2.96.